The average Bonchev–Trinajstić information content (AvgIpc) is 2.44. The Morgan fingerprint density at radius 3 is 1.55 bits per heavy atom. The van der Waals surface area contributed by atoms with Crippen LogP contribution in [-0.2, 0) is 6.18 Å². The van der Waals surface area contributed by atoms with E-state index in [1.165, 1.54) is 6.07 Å². The first-order valence-corrected chi connectivity index (χ1v) is 7.19. The highest BCUT2D eigenvalue weighted by Crippen LogP contribution is 2.35. The van der Waals surface area contributed by atoms with Crippen molar-refractivity contribution in [3.05, 3.63) is 35.1 Å². The molecule has 0 radical (unpaired) electrons. The van der Waals surface area contributed by atoms with Crippen LogP contribution >= 0.6 is 0 Å². The summed E-state index contributed by atoms with van der Waals surface area (Å²) < 4.78 is 49.9. The second-order valence-corrected chi connectivity index (χ2v) is 3.38. The van der Waals surface area contributed by atoms with E-state index in [9.17, 15) is 17.6 Å². The number of hydrogen-bond donors (Lipinski definition) is 0. The molecule has 0 saturated heterocycles. The molecule has 1 rings (SSSR count). The van der Waals surface area contributed by atoms with E-state index in [4.69, 9.17) is 0 Å². The molecule has 1 aromatic carbocycles. The molecular weight excluding hydrogens is 268 g/mol. The molecule has 20 heavy (non-hydrogen) atoms. The zero-order valence-electron chi connectivity index (χ0n) is 13.8. The van der Waals surface area contributed by atoms with Gasteiger partial charge in [-0.1, -0.05) is 61.5 Å². The highest BCUT2D eigenvalue weighted by molar-refractivity contribution is 5.32. The van der Waals surface area contributed by atoms with Crippen molar-refractivity contribution in [3.63, 3.8) is 0 Å². The summed E-state index contributed by atoms with van der Waals surface area (Å²) in [6.45, 7) is 15.3. The third-order valence-corrected chi connectivity index (χ3v) is 1.94. The summed E-state index contributed by atoms with van der Waals surface area (Å²) in [5, 5.41) is 0. The van der Waals surface area contributed by atoms with Crippen LogP contribution in [0.25, 0.3) is 0 Å². The third kappa shape index (κ3) is 8.94. The van der Waals surface area contributed by atoms with Crippen LogP contribution in [0.15, 0.2) is 18.2 Å². The maximum atomic E-state index is 12.6. The predicted octanol–water partition coefficient (Wildman–Crippen LogP) is 7.05. The van der Waals surface area contributed by atoms with E-state index in [1.54, 1.807) is 13.8 Å². The average molecular weight is 296 g/mol. The Morgan fingerprint density at radius 1 is 0.850 bits per heavy atom. The molecule has 0 N–H and O–H groups in total. The minimum Gasteiger partial charge on any atom is -0.207 e. The van der Waals surface area contributed by atoms with Crippen molar-refractivity contribution >= 4 is 0 Å². The molecule has 0 aliphatic heterocycles. The van der Waals surface area contributed by atoms with Crippen molar-refractivity contribution in [2.45, 2.75) is 67.5 Å². The van der Waals surface area contributed by atoms with E-state index < -0.39 is 17.6 Å². The van der Waals surface area contributed by atoms with Gasteiger partial charge in [-0.2, -0.15) is 13.2 Å². The number of halogens is 4. The van der Waals surface area contributed by atoms with Gasteiger partial charge in [-0.15, -0.1) is 0 Å². The smallest absolute Gasteiger partial charge is 0.207 e. The van der Waals surface area contributed by atoms with Crippen LogP contribution < -0.4 is 0 Å². The molecule has 0 fully saturated rings. The molecule has 0 unspecified atom stereocenters. The number of hydrogen-bond acceptors (Lipinski definition) is 0. The lowest BCUT2D eigenvalue weighted by Crippen LogP contribution is -2.10. The third-order valence-electron chi connectivity index (χ3n) is 1.94. The topological polar surface area (TPSA) is 0 Å². The van der Waals surface area contributed by atoms with Crippen molar-refractivity contribution in [1.82, 2.24) is 0 Å². The van der Waals surface area contributed by atoms with Crippen LogP contribution in [-0.4, -0.2) is 0 Å². The van der Waals surface area contributed by atoms with Gasteiger partial charge in [-0.3, -0.25) is 0 Å². The number of benzene rings is 1. The Balaban J connectivity index is -0.000000425. The SMILES string of the molecule is CC.CC.CC.CC(C)c1ccc(F)cc1C(F)(F)F. The summed E-state index contributed by atoms with van der Waals surface area (Å²) in [6, 6.07) is 2.77. The van der Waals surface area contributed by atoms with Gasteiger partial charge in [0, 0.05) is 0 Å². The molecule has 0 amide bonds. The summed E-state index contributed by atoms with van der Waals surface area (Å²) in [4.78, 5) is 0. The van der Waals surface area contributed by atoms with Gasteiger partial charge in [-0.05, 0) is 23.6 Å². The molecule has 0 saturated carbocycles. The highest BCUT2D eigenvalue weighted by Gasteiger charge is 2.34. The molecule has 0 heterocycles. The van der Waals surface area contributed by atoms with Gasteiger partial charge in [0.2, 0.25) is 0 Å². The Morgan fingerprint density at radius 2 is 1.25 bits per heavy atom. The molecule has 0 aliphatic carbocycles. The molecule has 0 atom stereocenters. The second-order valence-electron chi connectivity index (χ2n) is 3.38. The van der Waals surface area contributed by atoms with E-state index in [-0.39, 0.29) is 11.5 Å². The van der Waals surface area contributed by atoms with Crippen molar-refractivity contribution in [2.75, 3.05) is 0 Å². The van der Waals surface area contributed by atoms with Gasteiger partial charge in [-0.25, -0.2) is 4.39 Å². The summed E-state index contributed by atoms with van der Waals surface area (Å²) in [5.74, 6) is -1.13. The molecular formula is C16H28F4. The lowest BCUT2D eigenvalue weighted by molar-refractivity contribution is -0.138. The maximum Gasteiger partial charge on any atom is 0.416 e. The predicted molar refractivity (Wildman–Crippen MR) is 79.5 cm³/mol. The summed E-state index contributed by atoms with van der Waals surface area (Å²) in [7, 11) is 0. The second kappa shape index (κ2) is 12.9. The van der Waals surface area contributed by atoms with E-state index in [2.05, 4.69) is 0 Å². The zero-order valence-corrected chi connectivity index (χ0v) is 13.8. The number of alkyl halides is 3. The fourth-order valence-electron chi connectivity index (χ4n) is 1.28. The van der Waals surface area contributed by atoms with Crippen molar-refractivity contribution in [2.24, 2.45) is 0 Å². The van der Waals surface area contributed by atoms with Crippen LogP contribution in [0.3, 0.4) is 0 Å². The fraction of sp³-hybridized carbons (Fsp3) is 0.625. The first-order valence-electron chi connectivity index (χ1n) is 7.19. The van der Waals surface area contributed by atoms with Crippen LogP contribution in [0.1, 0.15) is 72.4 Å². The normalized spacial score (nSPS) is 9.45. The molecule has 0 aromatic heterocycles. The Kier molecular flexibility index (Phi) is 15.5. The monoisotopic (exact) mass is 296 g/mol. The van der Waals surface area contributed by atoms with Crippen molar-refractivity contribution < 1.29 is 17.6 Å². The largest absolute Gasteiger partial charge is 0.416 e. The molecule has 0 nitrogen and oxygen atoms in total. The first kappa shape index (κ1) is 24.0. The van der Waals surface area contributed by atoms with Gasteiger partial charge in [0.05, 0.1) is 5.56 Å². The molecule has 0 aliphatic rings. The van der Waals surface area contributed by atoms with Crippen LogP contribution in [0.4, 0.5) is 17.6 Å². The quantitative estimate of drug-likeness (QED) is 0.487. The minimum absolute atomic E-state index is 0.124. The summed E-state index contributed by atoms with van der Waals surface area (Å²) in [5.41, 5.74) is -0.758. The number of rotatable bonds is 1. The molecule has 1 aromatic rings. The van der Waals surface area contributed by atoms with Gasteiger partial charge in [0.1, 0.15) is 5.82 Å². The molecule has 120 valence electrons. The van der Waals surface area contributed by atoms with E-state index >= 15 is 0 Å². The van der Waals surface area contributed by atoms with Gasteiger partial charge >= 0.3 is 6.18 Å². The summed E-state index contributed by atoms with van der Waals surface area (Å²) in [6.07, 6.45) is -4.48. The van der Waals surface area contributed by atoms with E-state index in [0.717, 1.165) is 6.07 Å². The highest BCUT2D eigenvalue weighted by atomic mass is 19.4. The molecule has 0 spiro atoms. The zero-order chi connectivity index (χ0) is 16.9. The van der Waals surface area contributed by atoms with Crippen molar-refractivity contribution in [1.29, 1.82) is 0 Å². The van der Waals surface area contributed by atoms with Crippen LogP contribution in [0, 0.1) is 5.82 Å². The standard InChI is InChI=1S/C10H10F4.3C2H6/c1-6(2)8-4-3-7(11)5-9(8)10(12,13)14;3*1-2/h3-6H,1-2H3;3*1-2H3. The molecule has 0 bridgehead atoms. The van der Waals surface area contributed by atoms with Gasteiger partial charge in [0.25, 0.3) is 0 Å². The van der Waals surface area contributed by atoms with E-state index in [0.29, 0.717) is 6.07 Å². The van der Waals surface area contributed by atoms with Crippen LogP contribution in [0.5, 0.6) is 0 Å². The molecule has 4 heteroatoms. The van der Waals surface area contributed by atoms with Gasteiger partial charge < -0.3 is 0 Å². The Labute approximate surface area is 121 Å². The lowest BCUT2D eigenvalue weighted by Gasteiger charge is -2.15. The minimum atomic E-state index is -4.48. The Bertz CT molecular complexity index is 328. The van der Waals surface area contributed by atoms with Crippen LogP contribution in [0.2, 0.25) is 0 Å². The summed E-state index contributed by atoms with van der Waals surface area (Å²) >= 11 is 0. The van der Waals surface area contributed by atoms with E-state index in [1.807, 2.05) is 41.5 Å². The van der Waals surface area contributed by atoms with Crippen molar-refractivity contribution in [3.8, 4) is 0 Å². The fourth-order valence-corrected chi connectivity index (χ4v) is 1.28. The first-order chi connectivity index (χ1) is 9.32. The lowest BCUT2D eigenvalue weighted by atomic mass is 9.97. The maximum absolute atomic E-state index is 12.6. The van der Waals surface area contributed by atoms with Gasteiger partial charge in [0.15, 0.2) is 0 Å². The Hall–Kier alpha value is -1.06.